The number of carbonyl (C=O) groups is 1. The van der Waals surface area contributed by atoms with Gasteiger partial charge in [0, 0.05) is 17.3 Å². The summed E-state index contributed by atoms with van der Waals surface area (Å²) in [6.07, 6.45) is -9.66. The highest BCUT2D eigenvalue weighted by Crippen LogP contribution is 2.47. The fourth-order valence-electron chi connectivity index (χ4n) is 3.00. The Morgan fingerprint density at radius 1 is 1.03 bits per heavy atom. The maximum atomic E-state index is 13.4. The standard InChI is InChI=1S/C20H14ClF4N3O3/c1-10-17(21)11(2)28(27-10)14-5-3-4-12(8-14)18(29)26-13-6-7-15-16(9-13)31-20(24,25)19(22,23)30-15/h3-9H,1-2H3,(H,26,29). The SMILES string of the molecule is Cc1nn(-c2cccc(C(=O)Nc3ccc4c(c3)OC(F)(F)C(F)(F)O4)c2)c(C)c1Cl. The van der Waals surface area contributed by atoms with Crippen LogP contribution in [0.4, 0.5) is 23.2 Å². The maximum Gasteiger partial charge on any atom is 0.507 e. The maximum absolute atomic E-state index is 13.4. The van der Waals surface area contributed by atoms with Crippen LogP contribution in [0.2, 0.25) is 5.02 Å². The molecular formula is C20H14ClF4N3O3. The minimum Gasteiger partial charge on any atom is -0.421 e. The summed E-state index contributed by atoms with van der Waals surface area (Å²) in [5.74, 6) is -1.76. The van der Waals surface area contributed by atoms with Crippen molar-refractivity contribution in [3.63, 3.8) is 0 Å². The molecule has 0 saturated carbocycles. The van der Waals surface area contributed by atoms with Crippen LogP contribution in [0.5, 0.6) is 11.5 Å². The van der Waals surface area contributed by atoms with Gasteiger partial charge in [0.15, 0.2) is 11.5 Å². The van der Waals surface area contributed by atoms with E-state index in [4.69, 9.17) is 11.6 Å². The Labute approximate surface area is 178 Å². The summed E-state index contributed by atoms with van der Waals surface area (Å²) in [5.41, 5.74) is 2.21. The van der Waals surface area contributed by atoms with Gasteiger partial charge in [0.1, 0.15) is 0 Å². The Morgan fingerprint density at radius 3 is 2.35 bits per heavy atom. The van der Waals surface area contributed by atoms with Gasteiger partial charge < -0.3 is 14.8 Å². The Bertz CT molecular complexity index is 1200. The number of aryl methyl sites for hydroxylation is 1. The average molecular weight is 456 g/mol. The lowest BCUT2D eigenvalue weighted by molar-refractivity contribution is -0.391. The van der Waals surface area contributed by atoms with E-state index in [1.807, 2.05) is 0 Å². The van der Waals surface area contributed by atoms with Crippen molar-refractivity contribution in [3.05, 3.63) is 64.4 Å². The van der Waals surface area contributed by atoms with Crippen molar-refractivity contribution in [2.75, 3.05) is 5.32 Å². The van der Waals surface area contributed by atoms with Crippen LogP contribution < -0.4 is 14.8 Å². The number of fused-ring (bicyclic) bond motifs is 1. The number of halogens is 5. The molecule has 1 N–H and O–H groups in total. The lowest BCUT2D eigenvalue weighted by Gasteiger charge is -2.31. The van der Waals surface area contributed by atoms with Crippen LogP contribution in [-0.2, 0) is 0 Å². The first kappa shape index (κ1) is 21.0. The van der Waals surface area contributed by atoms with Crippen molar-refractivity contribution in [1.82, 2.24) is 9.78 Å². The molecule has 3 aromatic rings. The second-order valence-electron chi connectivity index (χ2n) is 6.80. The van der Waals surface area contributed by atoms with Crippen molar-refractivity contribution in [3.8, 4) is 17.2 Å². The molecule has 0 aliphatic carbocycles. The zero-order valence-corrected chi connectivity index (χ0v) is 16.8. The Hall–Kier alpha value is -3.27. The molecule has 0 unspecified atom stereocenters. The van der Waals surface area contributed by atoms with E-state index < -0.39 is 29.6 Å². The predicted molar refractivity (Wildman–Crippen MR) is 104 cm³/mol. The fraction of sp³-hybridized carbons (Fsp3) is 0.200. The van der Waals surface area contributed by atoms with Gasteiger partial charge in [0.25, 0.3) is 5.91 Å². The van der Waals surface area contributed by atoms with Crippen LogP contribution in [0.3, 0.4) is 0 Å². The van der Waals surface area contributed by atoms with Crippen LogP contribution in [-0.4, -0.2) is 27.9 Å². The first-order valence-electron chi connectivity index (χ1n) is 8.90. The molecule has 0 radical (unpaired) electrons. The van der Waals surface area contributed by atoms with Crippen LogP contribution in [0.15, 0.2) is 42.5 Å². The first-order valence-corrected chi connectivity index (χ1v) is 9.27. The molecule has 1 aliphatic heterocycles. The molecule has 0 spiro atoms. The third-order valence-corrected chi connectivity index (χ3v) is 5.12. The summed E-state index contributed by atoms with van der Waals surface area (Å²) in [7, 11) is 0. The third-order valence-electron chi connectivity index (χ3n) is 4.57. The van der Waals surface area contributed by atoms with Crippen molar-refractivity contribution in [2.45, 2.75) is 26.1 Å². The summed E-state index contributed by atoms with van der Waals surface area (Å²) in [6.45, 7) is 3.53. The number of hydrogen-bond acceptors (Lipinski definition) is 4. The summed E-state index contributed by atoms with van der Waals surface area (Å²) in [5, 5.41) is 7.34. The van der Waals surface area contributed by atoms with E-state index >= 15 is 0 Å². The highest BCUT2D eigenvalue weighted by atomic mass is 35.5. The number of carbonyl (C=O) groups excluding carboxylic acids is 1. The minimum absolute atomic E-state index is 0.0490. The number of amides is 1. The number of benzene rings is 2. The Balaban J connectivity index is 1.58. The van der Waals surface area contributed by atoms with Crippen LogP contribution >= 0.6 is 11.6 Å². The number of nitrogens with zero attached hydrogens (tertiary/aromatic N) is 2. The average Bonchev–Trinajstić information content (AvgIpc) is 2.96. The summed E-state index contributed by atoms with van der Waals surface area (Å²) < 4.78 is 63.0. The first-order chi connectivity index (χ1) is 14.5. The molecule has 6 nitrogen and oxygen atoms in total. The molecule has 1 aromatic heterocycles. The molecule has 0 atom stereocenters. The van der Waals surface area contributed by atoms with Gasteiger partial charge in [-0.3, -0.25) is 4.79 Å². The van der Waals surface area contributed by atoms with Crippen molar-refractivity contribution >= 4 is 23.2 Å². The number of anilines is 1. The van der Waals surface area contributed by atoms with E-state index in [1.54, 1.807) is 42.8 Å². The number of hydrogen-bond donors (Lipinski definition) is 1. The normalized spacial score (nSPS) is 16.1. The van der Waals surface area contributed by atoms with Gasteiger partial charge >= 0.3 is 12.2 Å². The van der Waals surface area contributed by atoms with Gasteiger partial charge in [-0.25, -0.2) is 4.68 Å². The third kappa shape index (κ3) is 3.67. The molecule has 2 aromatic carbocycles. The van der Waals surface area contributed by atoms with Crippen molar-refractivity contribution in [1.29, 1.82) is 0 Å². The Kier molecular flexibility index (Phi) is 4.84. The highest BCUT2D eigenvalue weighted by molar-refractivity contribution is 6.31. The Morgan fingerprint density at radius 2 is 1.71 bits per heavy atom. The molecule has 11 heteroatoms. The van der Waals surface area contributed by atoms with Gasteiger partial charge in [-0.15, -0.1) is 0 Å². The van der Waals surface area contributed by atoms with Crippen LogP contribution in [0.25, 0.3) is 5.69 Å². The smallest absolute Gasteiger partial charge is 0.421 e. The van der Waals surface area contributed by atoms with Gasteiger partial charge in [0.05, 0.1) is 22.1 Å². The lowest BCUT2D eigenvalue weighted by atomic mass is 10.1. The van der Waals surface area contributed by atoms with E-state index in [0.29, 0.717) is 22.1 Å². The molecular weight excluding hydrogens is 442 g/mol. The van der Waals surface area contributed by atoms with Crippen molar-refractivity contribution in [2.24, 2.45) is 0 Å². The quantitative estimate of drug-likeness (QED) is 0.541. The highest BCUT2D eigenvalue weighted by Gasteiger charge is 2.65. The zero-order chi connectivity index (χ0) is 22.6. The van der Waals surface area contributed by atoms with E-state index in [1.165, 1.54) is 6.07 Å². The predicted octanol–water partition coefficient (Wildman–Crippen LogP) is 5.35. The molecule has 0 saturated heterocycles. The topological polar surface area (TPSA) is 65.4 Å². The summed E-state index contributed by atoms with van der Waals surface area (Å²) >= 11 is 6.17. The van der Waals surface area contributed by atoms with E-state index in [9.17, 15) is 22.4 Å². The molecule has 162 valence electrons. The number of alkyl halides is 4. The number of ether oxygens (including phenoxy) is 2. The van der Waals surface area contributed by atoms with Crippen LogP contribution in [0, 0.1) is 13.8 Å². The molecule has 0 bridgehead atoms. The monoisotopic (exact) mass is 455 g/mol. The van der Waals surface area contributed by atoms with Crippen LogP contribution in [0.1, 0.15) is 21.7 Å². The number of aromatic nitrogens is 2. The van der Waals surface area contributed by atoms with Gasteiger partial charge in [-0.1, -0.05) is 17.7 Å². The van der Waals surface area contributed by atoms with Gasteiger partial charge in [0.2, 0.25) is 0 Å². The molecule has 2 heterocycles. The van der Waals surface area contributed by atoms with E-state index in [0.717, 1.165) is 12.1 Å². The molecule has 1 amide bonds. The minimum atomic E-state index is -4.85. The summed E-state index contributed by atoms with van der Waals surface area (Å²) in [4.78, 5) is 12.6. The molecule has 31 heavy (non-hydrogen) atoms. The molecule has 0 fully saturated rings. The number of nitrogens with one attached hydrogen (secondary N) is 1. The largest absolute Gasteiger partial charge is 0.507 e. The molecule has 4 rings (SSSR count). The van der Waals surface area contributed by atoms with Gasteiger partial charge in [-0.05, 0) is 44.2 Å². The second-order valence-corrected chi connectivity index (χ2v) is 7.18. The summed E-state index contributed by atoms with van der Waals surface area (Å²) in [6, 6.07) is 9.68. The second kappa shape index (κ2) is 7.16. The van der Waals surface area contributed by atoms with E-state index in [2.05, 4.69) is 19.9 Å². The lowest BCUT2D eigenvalue weighted by Crippen LogP contribution is -2.52. The molecule has 1 aliphatic rings. The van der Waals surface area contributed by atoms with Gasteiger partial charge in [-0.2, -0.15) is 22.7 Å². The number of rotatable bonds is 3. The van der Waals surface area contributed by atoms with E-state index in [-0.39, 0.29) is 11.3 Å². The zero-order valence-electron chi connectivity index (χ0n) is 16.1. The fourth-order valence-corrected chi connectivity index (χ4v) is 3.12. The van der Waals surface area contributed by atoms with Crippen molar-refractivity contribution < 1.29 is 31.8 Å².